The molecule has 0 aliphatic heterocycles. The summed E-state index contributed by atoms with van der Waals surface area (Å²) < 4.78 is 3.84. The van der Waals surface area contributed by atoms with Gasteiger partial charge in [0.1, 0.15) is 10.6 Å². The van der Waals surface area contributed by atoms with Crippen LogP contribution >= 0.6 is 11.5 Å². The van der Waals surface area contributed by atoms with E-state index in [1.54, 1.807) is 6.92 Å². The largest absolute Gasteiger partial charge is 0.478 e. The summed E-state index contributed by atoms with van der Waals surface area (Å²) in [4.78, 5) is 21.7. The first-order valence-electron chi connectivity index (χ1n) is 3.69. The SMILES string of the molecule is C=CC(=O)Nc1snc(C)c1C(=O)O. The normalized spacial score (nSPS) is 9.50. The summed E-state index contributed by atoms with van der Waals surface area (Å²) in [5, 5.41) is 11.4. The molecule has 14 heavy (non-hydrogen) atoms. The molecule has 0 unspecified atom stereocenters. The predicted octanol–water partition coefficient (Wildman–Crippen LogP) is 1.27. The van der Waals surface area contributed by atoms with Crippen LogP contribution in [0.25, 0.3) is 0 Å². The number of aryl methyl sites for hydroxylation is 1. The zero-order valence-electron chi connectivity index (χ0n) is 7.40. The smallest absolute Gasteiger partial charge is 0.340 e. The fourth-order valence-electron chi connectivity index (χ4n) is 0.870. The van der Waals surface area contributed by atoms with Gasteiger partial charge in [0.2, 0.25) is 5.91 Å². The van der Waals surface area contributed by atoms with Gasteiger partial charge in [-0.3, -0.25) is 4.79 Å². The number of amides is 1. The number of anilines is 1. The van der Waals surface area contributed by atoms with Crippen molar-refractivity contribution in [2.24, 2.45) is 0 Å². The van der Waals surface area contributed by atoms with Crippen LogP contribution in [0.2, 0.25) is 0 Å². The Kier molecular flexibility index (Phi) is 2.98. The number of hydrogen-bond donors (Lipinski definition) is 2. The molecule has 2 N–H and O–H groups in total. The Labute approximate surface area is 84.2 Å². The van der Waals surface area contributed by atoms with Crippen LogP contribution in [-0.4, -0.2) is 21.4 Å². The second-order valence-electron chi connectivity index (χ2n) is 2.47. The van der Waals surface area contributed by atoms with E-state index in [9.17, 15) is 9.59 Å². The molecule has 0 fully saturated rings. The van der Waals surface area contributed by atoms with Crippen LogP contribution in [0.3, 0.4) is 0 Å². The van der Waals surface area contributed by atoms with E-state index in [1.165, 1.54) is 0 Å². The van der Waals surface area contributed by atoms with Crippen molar-refractivity contribution in [2.45, 2.75) is 6.92 Å². The van der Waals surface area contributed by atoms with Gasteiger partial charge in [0.05, 0.1) is 5.69 Å². The lowest BCUT2D eigenvalue weighted by Gasteiger charge is -1.98. The molecule has 0 saturated heterocycles. The molecule has 0 bridgehead atoms. The number of nitrogens with one attached hydrogen (secondary N) is 1. The molecule has 1 aromatic heterocycles. The highest BCUT2D eigenvalue weighted by Gasteiger charge is 2.18. The van der Waals surface area contributed by atoms with E-state index in [2.05, 4.69) is 16.3 Å². The summed E-state index contributed by atoms with van der Waals surface area (Å²) in [6, 6.07) is 0. The van der Waals surface area contributed by atoms with E-state index in [-0.39, 0.29) is 10.6 Å². The Hall–Kier alpha value is -1.69. The zero-order chi connectivity index (χ0) is 10.7. The summed E-state index contributed by atoms with van der Waals surface area (Å²) in [5.41, 5.74) is 0.423. The van der Waals surface area contributed by atoms with Gasteiger partial charge in [-0.1, -0.05) is 6.58 Å². The molecule has 0 aliphatic carbocycles. The number of carbonyl (C=O) groups is 2. The van der Waals surface area contributed by atoms with Gasteiger partial charge in [0.25, 0.3) is 0 Å². The van der Waals surface area contributed by atoms with Crippen LogP contribution in [0.5, 0.6) is 0 Å². The molecule has 1 aromatic rings. The molecule has 6 heteroatoms. The van der Waals surface area contributed by atoms with E-state index in [1.807, 2.05) is 0 Å². The fourth-order valence-corrected chi connectivity index (χ4v) is 1.66. The first kappa shape index (κ1) is 10.4. The molecule has 0 atom stereocenters. The highest BCUT2D eigenvalue weighted by atomic mass is 32.1. The van der Waals surface area contributed by atoms with E-state index in [0.29, 0.717) is 5.69 Å². The Morgan fingerprint density at radius 2 is 2.29 bits per heavy atom. The third kappa shape index (κ3) is 1.97. The zero-order valence-corrected chi connectivity index (χ0v) is 8.22. The van der Waals surface area contributed by atoms with Crippen LogP contribution in [0.15, 0.2) is 12.7 Å². The first-order chi connectivity index (χ1) is 6.56. The summed E-state index contributed by atoms with van der Waals surface area (Å²) in [6.07, 6.45) is 1.07. The second-order valence-corrected chi connectivity index (χ2v) is 3.24. The molecule has 0 aliphatic rings. The third-order valence-corrected chi connectivity index (χ3v) is 2.35. The maximum atomic E-state index is 10.9. The minimum absolute atomic E-state index is 0.0326. The summed E-state index contributed by atoms with van der Waals surface area (Å²) >= 11 is 0.938. The fraction of sp³-hybridized carbons (Fsp3) is 0.125. The topological polar surface area (TPSA) is 79.3 Å². The average molecular weight is 212 g/mol. The molecule has 5 nitrogen and oxygen atoms in total. The molecule has 0 radical (unpaired) electrons. The monoisotopic (exact) mass is 212 g/mol. The summed E-state index contributed by atoms with van der Waals surface area (Å²) in [6.45, 7) is 4.84. The van der Waals surface area contributed by atoms with Crippen molar-refractivity contribution in [3.63, 3.8) is 0 Å². The molecule has 74 valence electrons. The van der Waals surface area contributed by atoms with Crippen LogP contribution in [0, 0.1) is 6.92 Å². The number of aromatic nitrogens is 1. The Balaban J connectivity index is 3.03. The molecule has 1 rings (SSSR count). The van der Waals surface area contributed by atoms with Crippen LogP contribution in [-0.2, 0) is 4.79 Å². The quantitative estimate of drug-likeness (QED) is 0.739. The Morgan fingerprint density at radius 3 is 2.79 bits per heavy atom. The predicted molar refractivity (Wildman–Crippen MR) is 52.6 cm³/mol. The van der Waals surface area contributed by atoms with E-state index >= 15 is 0 Å². The average Bonchev–Trinajstić information content (AvgIpc) is 2.46. The van der Waals surface area contributed by atoms with Crippen molar-refractivity contribution < 1.29 is 14.7 Å². The summed E-state index contributed by atoms with van der Waals surface area (Å²) in [7, 11) is 0. The van der Waals surface area contributed by atoms with Crippen molar-refractivity contribution >= 4 is 28.4 Å². The highest BCUT2D eigenvalue weighted by molar-refractivity contribution is 7.11. The molecule has 1 amide bonds. The van der Waals surface area contributed by atoms with Gasteiger partial charge in [-0.25, -0.2) is 4.79 Å². The first-order valence-corrected chi connectivity index (χ1v) is 4.46. The standard InChI is InChI=1S/C8H8N2O3S/c1-3-5(11)9-7-6(8(12)13)4(2)10-14-7/h3H,1H2,2H3,(H,9,11)(H,12,13). The number of aromatic carboxylic acids is 1. The third-order valence-electron chi connectivity index (χ3n) is 1.50. The number of nitrogens with zero attached hydrogens (tertiary/aromatic N) is 1. The Morgan fingerprint density at radius 1 is 1.64 bits per heavy atom. The maximum Gasteiger partial charge on any atom is 0.340 e. The second kappa shape index (κ2) is 4.01. The molecular formula is C8H8N2O3S. The van der Waals surface area contributed by atoms with Gasteiger partial charge >= 0.3 is 5.97 Å². The number of carbonyl (C=O) groups excluding carboxylic acids is 1. The van der Waals surface area contributed by atoms with Gasteiger partial charge < -0.3 is 10.4 Å². The summed E-state index contributed by atoms with van der Waals surface area (Å²) in [5.74, 6) is -1.55. The molecular weight excluding hydrogens is 204 g/mol. The minimum Gasteiger partial charge on any atom is -0.478 e. The Bertz CT molecular complexity index is 397. The van der Waals surface area contributed by atoms with Gasteiger partial charge in [-0.15, -0.1) is 0 Å². The molecule has 0 spiro atoms. The van der Waals surface area contributed by atoms with Gasteiger partial charge in [-0.2, -0.15) is 4.37 Å². The number of hydrogen-bond acceptors (Lipinski definition) is 4. The van der Waals surface area contributed by atoms with Gasteiger partial charge in [0, 0.05) is 0 Å². The van der Waals surface area contributed by atoms with Crippen molar-refractivity contribution in [3.05, 3.63) is 23.9 Å². The maximum absolute atomic E-state index is 10.9. The van der Waals surface area contributed by atoms with E-state index < -0.39 is 11.9 Å². The molecule has 1 heterocycles. The highest BCUT2D eigenvalue weighted by Crippen LogP contribution is 2.24. The molecule has 0 saturated carbocycles. The number of carboxylic acid groups (broad SMARTS) is 1. The molecule has 0 aromatic carbocycles. The minimum atomic E-state index is -1.10. The number of rotatable bonds is 3. The lowest BCUT2D eigenvalue weighted by Crippen LogP contribution is -2.10. The van der Waals surface area contributed by atoms with E-state index in [4.69, 9.17) is 5.11 Å². The van der Waals surface area contributed by atoms with Gasteiger partial charge in [0.15, 0.2) is 0 Å². The van der Waals surface area contributed by atoms with Crippen molar-refractivity contribution in [3.8, 4) is 0 Å². The van der Waals surface area contributed by atoms with Crippen molar-refractivity contribution in [1.29, 1.82) is 0 Å². The van der Waals surface area contributed by atoms with E-state index in [0.717, 1.165) is 17.6 Å². The van der Waals surface area contributed by atoms with Crippen molar-refractivity contribution in [2.75, 3.05) is 5.32 Å². The lowest BCUT2D eigenvalue weighted by molar-refractivity contribution is -0.111. The van der Waals surface area contributed by atoms with Crippen LogP contribution in [0.1, 0.15) is 16.1 Å². The lowest BCUT2D eigenvalue weighted by atomic mass is 10.2. The van der Waals surface area contributed by atoms with Crippen molar-refractivity contribution in [1.82, 2.24) is 4.37 Å². The number of carboxylic acids is 1. The van der Waals surface area contributed by atoms with Crippen LogP contribution < -0.4 is 5.32 Å². The van der Waals surface area contributed by atoms with Gasteiger partial charge in [-0.05, 0) is 24.5 Å². The van der Waals surface area contributed by atoms with Crippen LogP contribution in [0.4, 0.5) is 5.00 Å².